The molecule has 4 unspecified atom stereocenters. The summed E-state index contributed by atoms with van der Waals surface area (Å²) in [5.74, 6) is -0.446. The van der Waals surface area contributed by atoms with Gasteiger partial charge in [0.1, 0.15) is 0 Å². The molecule has 1 aliphatic heterocycles. The van der Waals surface area contributed by atoms with Crippen LogP contribution in [0.4, 0.5) is 0 Å². The van der Waals surface area contributed by atoms with Gasteiger partial charge in [0.15, 0.2) is 0 Å². The van der Waals surface area contributed by atoms with Crippen molar-refractivity contribution in [2.24, 2.45) is 5.92 Å². The van der Waals surface area contributed by atoms with Crippen LogP contribution in [-0.4, -0.2) is 38.8 Å². The largest absolute Gasteiger partial charge is 0.350 e. The number of nitrogens with zero attached hydrogens (tertiary/aromatic N) is 3. The Labute approximate surface area is 201 Å². The van der Waals surface area contributed by atoms with E-state index in [9.17, 15) is 9.59 Å². The number of amides is 2. The second-order valence-corrected chi connectivity index (χ2v) is 9.17. The minimum absolute atomic E-state index is 0.0532. The van der Waals surface area contributed by atoms with Crippen molar-refractivity contribution < 1.29 is 9.59 Å². The van der Waals surface area contributed by atoms with Crippen LogP contribution < -0.4 is 5.32 Å². The molecule has 2 aromatic heterocycles. The Morgan fingerprint density at radius 2 is 1.62 bits per heavy atom. The van der Waals surface area contributed by atoms with E-state index in [-0.39, 0.29) is 36.2 Å². The van der Waals surface area contributed by atoms with Crippen molar-refractivity contribution in [1.29, 1.82) is 0 Å². The fourth-order valence-corrected chi connectivity index (χ4v) is 4.94. The van der Waals surface area contributed by atoms with Crippen LogP contribution >= 0.6 is 0 Å². The summed E-state index contributed by atoms with van der Waals surface area (Å²) in [5.41, 5.74) is 2.59. The molecule has 1 N–H and O–H groups in total. The fourth-order valence-electron chi connectivity index (χ4n) is 4.94. The lowest BCUT2D eigenvalue weighted by Crippen LogP contribution is -2.63. The number of pyridine rings is 2. The van der Waals surface area contributed by atoms with E-state index in [1.165, 1.54) is 0 Å². The van der Waals surface area contributed by atoms with Crippen molar-refractivity contribution in [3.63, 3.8) is 0 Å². The molecule has 0 saturated carbocycles. The zero-order valence-electron chi connectivity index (χ0n) is 20.0. The maximum absolute atomic E-state index is 14.0. The van der Waals surface area contributed by atoms with Gasteiger partial charge < -0.3 is 10.2 Å². The number of aromatic nitrogens is 2. The maximum Gasteiger partial charge on any atom is 0.231 e. The van der Waals surface area contributed by atoms with Gasteiger partial charge in [0, 0.05) is 43.0 Å². The molecule has 2 amide bonds. The monoisotopic (exact) mass is 456 g/mol. The van der Waals surface area contributed by atoms with Gasteiger partial charge in [-0.3, -0.25) is 19.6 Å². The van der Waals surface area contributed by atoms with E-state index >= 15 is 0 Å². The number of nitrogens with one attached hydrogen (secondary N) is 1. The first kappa shape index (κ1) is 23.6. The van der Waals surface area contributed by atoms with Gasteiger partial charge in [0.2, 0.25) is 11.8 Å². The third kappa shape index (κ3) is 5.01. The molecule has 0 radical (unpaired) electrons. The van der Waals surface area contributed by atoms with Gasteiger partial charge in [0.05, 0.1) is 18.2 Å². The highest BCUT2D eigenvalue weighted by Gasteiger charge is 2.47. The molecular formula is C28H32N4O2. The average molecular weight is 457 g/mol. The molecule has 6 nitrogen and oxygen atoms in total. The highest BCUT2D eigenvalue weighted by atomic mass is 16.2. The first-order chi connectivity index (χ1) is 16.5. The summed E-state index contributed by atoms with van der Waals surface area (Å²) < 4.78 is 0. The average Bonchev–Trinajstić information content (AvgIpc) is 2.88. The van der Waals surface area contributed by atoms with Gasteiger partial charge in [-0.15, -0.1) is 0 Å². The van der Waals surface area contributed by atoms with E-state index in [1.807, 2.05) is 65.6 Å². The summed E-state index contributed by atoms with van der Waals surface area (Å²) in [7, 11) is 0. The summed E-state index contributed by atoms with van der Waals surface area (Å²) in [6, 6.07) is 19.6. The number of benzene rings is 1. The Morgan fingerprint density at radius 3 is 2.26 bits per heavy atom. The Hall–Kier alpha value is -3.54. The van der Waals surface area contributed by atoms with Crippen molar-refractivity contribution in [1.82, 2.24) is 20.2 Å². The number of likely N-dealkylation sites (tertiary alicyclic amines) is 1. The van der Waals surface area contributed by atoms with Gasteiger partial charge in [-0.25, -0.2) is 0 Å². The van der Waals surface area contributed by atoms with E-state index in [2.05, 4.69) is 36.1 Å². The van der Waals surface area contributed by atoms with Crippen molar-refractivity contribution in [3.8, 4) is 0 Å². The number of hydrogen-bond acceptors (Lipinski definition) is 4. The summed E-state index contributed by atoms with van der Waals surface area (Å²) in [4.78, 5) is 37.7. The summed E-state index contributed by atoms with van der Waals surface area (Å²) in [6.45, 7) is 6.72. The van der Waals surface area contributed by atoms with Gasteiger partial charge in [0.25, 0.3) is 0 Å². The van der Waals surface area contributed by atoms with Crippen LogP contribution in [0.25, 0.3) is 0 Å². The van der Waals surface area contributed by atoms with E-state index < -0.39 is 5.92 Å². The highest BCUT2D eigenvalue weighted by molar-refractivity contribution is 5.88. The van der Waals surface area contributed by atoms with Crippen LogP contribution in [0, 0.1) is 5.92 Å². The Bertz CT molecular complexity index is 1080. The topological polar surface area (TPSA) is 75.2 Å². The smallest absolute Gasteiger partial charge is 0.231 e. The number of rotatable bonds is 8. The lowest BCUT2D eigenvalue weighted by atomic mass is 9.75. The molecule has 176 valence electrons. The zero-order valence-corrected chi connectivity index (χ0v) is 20.0. The lowest BCUT2D eigenvalue weighted by molar-refractivity contribution is -0.151. The van der Waals surface area contributed by atoms with E-state index in [1.54, 1.807) is 18.6 Å². The molecule has 3 aromatic rings. The Balaban J connectivity index is 1.64. The molecule has 34 heavy (non-hydrogen) atoms. The second kappa shape index (κ2) is 10.6. The van der Waals surface area contributed by atoms with Gasteiger partial charge in [-0.05, 0) is 49.1 Å². The molecule has 4 rings (SSSR count). The van der Waals surface area contributed by atoms with Crippen molar-refractivity contribution in [2.75, 3.05) is 0 Å². The second-order valence-electron chi connectivity index (χ2n) is 9.17. The molecule has 0 bridgehead atoms. The molecule has 1 aliphatic rings. The molecule has 3 heterocycles. The van der Waals surface area contributed by atoms with E-state index in [4.69, 9.17) is 0 Å². The molecule has 4 atom stereocenters. The lowest BCUT2D eigenvalue weighted by Gasteiger charge is -2.53. The Morgan fingerprint density at radius 1 is 0.912 bits per heavy atom. The molecule has 1 fully saturated rings. The number of carbonyl (C=O) groups excluding carboxylic acids is 2. The van der Waals surface area contributed by atoms with Gasteiger partial charge in [-0.1, -0.05) is 49.4 Å². The van der Waals surface area contributed by atoms with E-state index in [0.29, 0.717) is 12.5 Å². The maximum atomic E-state index is 14.0. The summed E-state index contributed by atoms with van der Waals surface area (Å²) in [6.07, 6.45) is 5.36. The molecule has 0 spiro atoms. The standard InChI is InChI=1S/C28H32N4O2/c1-19-20(2)32(21(19)3)28(34)27(23-12-9-14-29-17-23)25(22-10-5-4-6-11-22)16-26(33)31-18-24-13-7-8-15-30-24/h4-15,17,19-21,25,27H,16,18H2,1-3H3,(H,31,33). The molecule has 1 aromatic carbocycles. The van der Waals surface area contributed by atoms with Crippen LogP contribution in [0.1, 0.15) is 55.8 Å². The summed E-state index contributed by atoms with van der Waals surface area (Å²) >= 11 is 0. The number of carbonyl (C=O) groups is 2. The van der Waals surface area contributed by atoms with Crippen LogP contribution in [0.15, 0.2) is 79.3 Å². The molecule has 6 heteroatoms. The predicted octanol–water partition coefficient (Wildman–Crippen LogP) is 4.31. The Kier molecular flexibility index (Phi) is 7.36. The van der Waals surface area contributed by atoms with Crippen LogP contribution in [-0.2, 0) is 16.1 Å². The molecule has 0 aliphatic carbocycles. The number of hydrogen-bond donors (Lipinski definition) is 1. The zero-order chi connectivity index (χ0) is 24.1. The first-order valence-corrected chi connectivity index (χ1v) is 11.9. The minimum Gasteiger partial charge on any atom is -0.350 e. The third-order valence-electron chi connectivity index (χ3n) is 7.19. The quantitative estimate of drug-likeness (QED) is 0.548. The van der Waals surface area contributed by atoms with Crippen LogP contribution in [0.2, 0.25) is 0 Å². The third-order valence-corrected chi connectivity index (χ3v) is 7.19. The van der Waals surface area contributed by atoms with Crippen molar-refractivity contribution in [3.05, 3.63) is 96.1 Å². The fraction of sp³-hybridized carbons (Fsp3) is 0.357. The normalized spacial score (nSPS) is 21.3. The van der Waals surface area contributed by atoms with Crippen molar-refractivity contribution >= 4 is 11.8 Å². The van der Waals surface area contributed by atoms with Gasteiger partial charge >= 0.3 is 0 Å². The van der Waals surface area contributed by atoms with Gasteiger partial charge in [-0.2, -0.15) is 0 Å². The molecule has 1 saturated heterocycles. The van der Waals surface area contributed by atoms with Crippen LogP contribution in [0.3, 0.4) is 0 Å². The van der Waals surface area contributed by atoms with Crippen molar-refractivity contribution in [2.45, 2.75) is 57.7 Å². The summed E-state index contributed by atoms with van der Waals surface area (Å²) in [5, 5.41) is 2.98. The highest BCUT2D eigenvalue weighted by Crippen LogP contribution is 2.41. The SMILES string of the molecule is CC1C(C)N(C(=O)C(c2cccnc2)C(CC(=O)NCc2ccccn2)c2ccccc2)C1C. The first-order valence-electron chi connectivity index (χ1n) is 11.9. The van der Waals surface area contributed by atoms with E-state index in [0.717, 1.165) is 16.8 Å². The predicted molar refractivity (Wildman–Crippen MR) is 132 cm³/mol. The minimum atomic E-state index is -0.505. The van der Waals surface area contributed by atoms with Crippen LogP contribution in [0.5, 0.6) is 0 Å². The molecular weight excluding hydrogens is 424 g/mol.